The predicted molar refractivity (Wildman–Crippen MR) is 96.0 cm³/mol. The van der Waals surface area contributed by atoms with E-state index in [0.29, 0.717) is 6.04 Å². The molecule has 0 amide bonds. The summed E-state index contributed by atoms with van der Waals surface area (Å²) in [5.74, 6) is 0. The van der Waals surface area contributed by atoms with Gasteiger partial charge in [-0.15, -0.1) is 0 Å². The van der Waals surface area contributed by atoms with E-state index >= 15 is 0 Å². The number of fused-ring (bicyclic) bond motifs is 1. The third-order valence-corrected chi connectivity index (χ3v) is 4.96. The molecule has 5 heterocycles. The molecule has 7 heteroatoms. The summed E-state index contributed by atoms with van der Waals surface area (Å²) in [5, 5.41) is 16.0. The van der Waals surface area contributed by atoms with Crippen molar-refractivity contribution in [1.29, 1.82) is 0 Å². The maximum absolute atomic E-state index is 4.59. The number of H-pyrrole nitrogens is 2. The van der Waals surface area contributed by atoms with Crippen molar-refractivity contribution in [2.75, 3.05) is 13.1 Å². The van der Waals surface area contributed by atoms with E-state index in [4.69, 9.17) is 0 Å². The number of nitrogens with one attached hydrogen (secondary N) is 3. The van der Waals surface area contributed by atoms with Crippen LogP contribution in [0.5, 0.6) is 0 Å². The molecule has 0 aliphatic carbocycles. The molecular weight excluding hydrogens is 314 g/mol. The van der Waals surface area contributed by atoms with Crippen LogP contribution in [-0.2, 0) is 0 Å². The van der Waals surface area contributed by atoms with Crippen LogP contribution in [-0.4, -0.2) is 43.0 Å². The first kappa shape index (κ1) is 14.4. The number of aromatic nitrogens is 6. The first-order valence-corrected chi connectivity index (χ1v) is 8.60. The molecule has 1 fully saturated rings. The van der Waals surface area contributed by atoms with Crippen LogP contribution in [0.15, 0.2) is 43.2 Å². The van der Waals surface area contributed by atoms with E-state index in [1.54, 1.807) is 0 Å². The van der Waals surface area contributed by atoms with Gasteiger partial charge in [-0.2, -0.15) is 10.2 Å². The molecule has 0 radical (unpaired) electrons. The topological polar surface area (TPSA) is 87.2 Å². The highest BCUT2D eigenvalue weighted by atomic mass is 15.3. The molecule has 0 aromatic carbocycles. The molecule has 1 aliphatic rings. The Kier molecular flexibility index (Phi) is 3.38. The fraction of sp³-hybridized carbons (Fsp3) is 0.278. The molecule has 0 spiro atoms. The molecule has 0 unspecified atom stereocenters. The number of rotatable bonds is 3. The highest BCUT2D eigenvalue weighted by Gasteiger charge is 2.16. The van der Waals surface area contributed by atoms with Gasteiger partial charge in [-0.3, -0.25) is 9.78 Å². The first-order valence-electron chi connectivity index (χ1n) is 8.60. The largest absolute Gasteiger partial charge is 0.346 e. The van der Waals surface area contributed by atoms with Crippen molar-refractivity contribution in [2.24, 2.45) is 0 Å². The molecular formula is C18H19N7. The molecule has 7 nitrogen and oxygen atoms in total. The Balaban J connectivity index is 1.52. The smallest absolute Gasteiger partial charge is 0.137 e. The van der Waals surface area contributed by atoms with Crippen LogP contribution in [0.2, 0.25) is 0 Å². The first-order chi connectivity index (χ1) is 12.4. The Morgan fingerprint density at radius 2 is 1.92 bits per heavy atom. The van der Waals surface area contributed by atoms with Crippen LogP contribution < -0.4 is 5.32 Å². The molecule has 1 aliphatic heterocycles. The molecule has 0 saturated carbocycles. The van der Waals surface area contributed by atoms with Gasteiger partial charge >= 0.3 is 0 Å². The van der Waals surface area contributed by atoms with E-state index < -0.39 is 0 Å². The molecule has 0 bridgehead atoms. The SMILES string of the molecule is c1nc2[nH]cc(-c3cn[nH]c3)c2cc1-c1cnn(C2CCNCC2)c1. The van der Waals surface area contributed by atoms with Crippen LogP contribution in [0.4, 0.5) is 0 Å². The van der Waals surface area contributed by atoms with Crippen LogP contribution in [0.1, 0.15) is 18.9 Å². The van der Waals surface area contributed by atoms with Crippen molar-refractivity contribution in [3.8, 4) is 22.3 Å². The molecule has 5 rings (SSSR count). The fourth-order valence-corrected chi connectivity index (χ4v) is 3.56. The summed E-state index contributed by atoms with van der Waals surface area (Å²) in [4.78, 5) is 7.81. The Bertz CT molecular complexity index is 990. The van der Waals surface area contributed by atoms with E-state index in [-0.39, 0.29) is 0 Å². The van der Waals surface area contributed by atoms with Crippen LogP contribution in [0, 0.1) is 0 Å². The fourth-order valence-electron chi connectivity index (χ4n) is 3.56. The minimum atomic E-state index is 0.487. The average Bonchev–Trinajstić information content (AvgIpc) is 3.41. The second-order valence-corrected chi connectivity index (χ2v) is 6.50. The van der Waals surface area contributed by atoms with E-state index in [1.165, 1.54) is 0 Å². The zero-order chi connectivity index (χ0) is 16.6. The third-order valence-electron chi connectivity index (χ3n) is 4.96. The molecule has 1 saturated heterocycles. The van der Waals surface area contributed by atoms with E-state index in [9.17, 15) is 0 Å². The molecule has 126 valence electrons. The number of hydrogen-bond donors (Lipinski definition) is 3. The lowest BCUT2D eigenvalue weighted by Gasteiger charge is -2.22. The van der Waals surface area contributed by atoms with Gasteiger partial charge < -0.3 is 10.3 Å². The van der Waals surface area contributed by atoms with Gasteiger partial charge in [0.05, 0.1) is 18.4 Å². The number of aromatic amines is 2. The van der Waals surface area contributed by atoms with Crippen molar-refractivity contribution >= 4 is 11.0 Å². The molecule has 3 N–H and O–H groups in total. The number of nitrogens with zero attached hydrogens (tertiary/aromatic N) is 4. The number of hydrogen-bond acceptors (Lipinski definition) is 4. The lowest BCUT2D eigenvalue weighted by molar-refractivity contribution is 0.343. The third kappa shape index (κ3) is 2.53. The quantitative estimate of drug-likeness (QED) is 0.538. The zero-order valence-corrected chi connectivity index (χ0v) is 13.7. The second-order valence-electron chi connectivity index (χ2n) is 6.50. The van der Waals surface area contributed by atoms with Gasteiger partial charge in [-0.1, -0.05) is 0 Å². The van der Waals surface area contributed by atoms with Gasteiger partial charge in [0.25, 0.3) is 0 Å². The van der Waals surface area contributed by atoms with E-state index in [1.807, 2.05) is 31.0 Å². The van der Waals surface area contributed by atoms with Gasteiger partial charge in [0, 0.05) is 52.4 Å². The second kappa shape index (κ2) is 5.86. The summed E-state index contributed by atoms with van der Waals surface area (Å²) in [6.07, 6.45) is 13.9. The average molecular weight is 333 g/mol. The molecule has 4 aromatic rings. The van der Waals surface area contributed by atoms with Crippen molar-refractivity contribution in [2.45, 2.75) is 18.9 Å². The lowest BCUT2D eigenvalue weighted by Crippen LogP contribution is -2.29. The monoisotopic (exact) mass is 333 g/mol. The van der Waals surface area contributed by atoms with Gasteiger partial charge in [-0.25, -0.2) is 4.98 Å². The highest BCUT2D eigenvalue weighted by Crippen LogP contribution is 2.31. The van der Waals surface area contributed by atoms with Crippen LogP contribution >= 0.6 is 0 Å². The molecule has 4 aromatic heterocycles. The van der Waals surface area contributed by atoms with Crippen molar-refractivity contribution < 1.29 is 0 Å². The van der Waals surface area contributed by atoms with Crippen molar-refractivity contribution in [1.82, 2.24) is 35.3 Å². The van der Waals surface area contributed by atoms with Crippen molar-refractivity contribution in [3.05, 3.63) is 43.2 Å². The van der Waals surface area contributed by atoms with E-state index in [2.05, 4.69) is 47.5 Å². The minimum absolute atomic E-state index is 0.487. The number of pyridine rings is 1. The highest BCUT2D eigenvalue weighted by molar-refractivity contribution is 5.95. The Morgan fingerprint density at radius 1 is 1.00 bits per heavy atom. The standard InChI is InChI=1S/C18H19N7/c1-3-19-4-2-15(1)25-11-14(9-24-25)12-5-16-17(13-7-22-23-8-13)10-21-18(16)20-6-12/h5-11,15,19H,1-4H2,(H,20,21)(H,22,23). The maximum Gasteiger partial charge on any atom is 0.137 e. The predicted octanol–water partition coefficient (Wildman–Crippen LogP) is 2.74. The summed E-state index contributed by atoms with van der Waals surface area (Å²) in [6.45, 7) is 2.12. The van der Waals surface area contributed by atoms with Gasteiger partial charge in [0.1, 0.15) is 5.65 Å². The maximum atomic E-state index is 4.59. The Morgan fingerprint density at radius 3 is 2.76 bits per heavy atom. The number of piperidine rings is 1. The minimum Gasteiger partial charge on any atom is -0.346 e. The lowest BCUT2D eigenvalue weighted by atomic mass is 10.1. The van der Waals surface area contributed by atoms with Gasteiger partial charge in [0.15, 0.2) is 0 Å². The summed E-state index contributed by atoms with van der Waals surface area (Å²) in [5.41, 5.74) is 5.22. The Labute approximate surface area is 144 Å². The van der Waals surface area contributed by atoms with Crippen molar-refractivity contribution in [3.63, 3.8) is 0 Å². The van der Waals surface area contributed by atoms with Crippen LogP contribution in [0.25, 0.3) is 33.3 Å². The van der Waals surface area contributed by atoms with E-state index in [0.717, 1.165) is 59.2 Å². The summed E-state index contributed by atoms with van der Waals surface area (Å²) < 4.78 is 2.11. The zero-order valence-electron chi connectivity index (χ0n) is 13.7. The van der Waals surface area contributed by atoms with Gasteiger partial charge in [0.2, 0.25) is 0 Å². The Hall–Kier alpha value is -2.93. The van der Waals surface area contributed by atoms with Gasteiger partial charge in [-0.05, 0) is 32.0 Å². The normalized spacial score (nSPS) is 15.8. The molecule has 0 atom stereocenters. The van der Waals surface area contributed by atoms with Crippen LogP contribution in [0.3, 0.4) is 0 Å². The molecule has 25 heavy (non-hydrogen) atoms. The summed E-state index contributed by atoms with van der Waals surface area (Å²) in [7, 11) is 0. The summed E-state index contributed by atoms with van der Waals surface area (Å²) in [6, 6.07) is 2.66. The summed E-state index contributed by atoms with van der Waals surface area (Å²) >= 11 is 0.